The summed E-state index contributed by atoms with van der Waals surface area (Å²) in [5, 5.41) is 5.62. The van der Waals surface area contributed by atoms with Crippen LogP contribution in [0, 0.1) is 0 Å². The number of anilines is 1. The smallest absolute Gasteiger partial charge is 0.241 e. The van der Waals surface area contributed by atoms with Crippen LogP contribution in [-0.4, -0.2) is 49.2 Å². The molecule has 0 saturated carbocycles. The number of fused-ring (bicyclic) bond motifs is 1. The van der Waals surface area contributed by atoms with Gasteiger partial charge in [0.05, 0.1) is 12.6 Å². The lowest BCUT2D eigenvalue weighted by molar-refractivity contribution is -0.125. The van der Waals surface area contributed by atoms with Gasteiger partial charge < -0.3 is 20.1 Å². The maximum absolute atomic E-state index is 12.3. The lowest BCUT2D eigenvalue weighted by atomic mass is 10.2. The van der Waals surface area contributed by atoms with Gasteiger partial charge in [0.1, 0.15) is 0 Å². The van der Waals surface area contributed by atoms with E-state index in [9.17, 15) is 9.59 Å². The molecule has 0 radical (unpaired) electrons. The second-order valence-corrected chi connectivity index (χ2v) is 5.87. The van der Waals surface area contributed by atoms with Crippen molar-refractivity contribution in [3.05, 3.63) is 18.2 Å². The zero-order valence-electron chi connectivity index (χ0n) is 13.9. The summed E-state index contributed by atoms with van der Waals surface area (Å²) in [4.78, 5) is 25.8. The first kappa shape index (κ1) is 17.1. The Hall–Kier alpha value is -2.28. The molecule has 1 aromatic rings. The van der Waals surface area contributed by atoms with Gasteiger partial charge in [-0.25, -0.2) is 0 Å². The normalized spacial score (nSPS) is 14.0. The number of carbonyl (C=O) groups excluding carboxylic acids is 2. The molecular weight excluding hydrogens is 298 g/mol. The summed E-state index contributed by atoms with van der Waals surface area (Å²) >= 11 is 0. The number of hydrogen-bond acceptors (Lipinski definition) is 5. The van der Waals surface area contributed by atoms with E-state index >= 15 is 0 Å². The maximum Gasteiger partial charge on any atom is 0.241 e. The molecule has 126 valence electrons. The van der Waals surface area contributed by atoms with E-state index in [0.717, 1.165) is 0 Å². The number of rotatable bonds is 6. The van der Waals surface area contributed by atoms with Crippen LogP contribution < -0.4 is 20.1 Å². The number of nitrogens with one attached hydrogen (secondary N) is 2. The molecule has 2 amide bonds. The fraction of sp³-hybridized carbons (Fsp3) is 0.500. The Bertz CT molecular complexity index is 589. The van der Waals surface area contributed by atoms with Crippen molar-refractivity contribution in [3.8, 4) is 11.5 Å². The Morgan fingerprint density at radius 1 is 1.22 bits per heavy atom. The minimum absolute atomic E-state index is 0.0775. The Kier molecular flexibility index (Phi) is 5.44. The van der Waals surface area contributed by atoms with E-state index in [1.54, 1.807) is 37.1 Å². The lowest BCUT2D eigenvalue weighted by Gasteiger charge is -2.23. The summed E-state index contributed by atoms with van der Waals surface area (Å²) in [5.41, 5.74) is 0.631. The molecule has 0 saturated heterocycles. The average Bonchev–Trinajstić information content (AvgIpc) is 2.92. The Morgan fingerprint density at radius 2 is 1.91 bits per heavy atom. The lowest BCUT2D eigenvalue weighted by Crippen LogP contribution is -2.45. The van der Waals surface area contributed by atoms with Crippen molar-refractivity contribution in [2.45, 2.75) is 32.9 Å². The van der Waals surface area contributed by atoms with Crippen molar-refractivity contribution in [1.82, 2.24) is 10.2 Å². The van der Waals surface area contributed by atoms with Crippen LogP contribution in [0.4, 0.5) is 5.69 Å². The molecule has 23 heavy (non-hydrogen) atoms. The highest BCUT2D eigenvalue weighted by Gasteiger charge is 2.21. The first-order valence-corrected chi connectivity index (χ1v) is 7.57. The van der Waals surface area contributed by atoms with Crippen molar-refractivity contribution >= 4 is 17.5 Å². The van der Waals surface area contributed by atoms with Crippen LogP contribution >= 0.6 is 0 Å². The summed E-state index contributed by atoms with van der Waals surface area (Å²) in [5.74, 6) is 0.979. The van der Waals surface area contributed by atoms with Crippen molar-refractivity contribution in [2.75, 3.05) is 25.7 Å². The van der Waals surface area contributed by atoms with Crippen molar-refractivity contribution < 1.29 is 19.1 Å². The minimum atomic E-state index is -0.446. The summed E-state index contributed by atoms with van der Waals surface area (Å²) in [6.45, 7) is 5.90. The van der Waals surface area contributed by atoms with E-state index in [2.05, 4.69) is 10.6 Å². The second-order valence-electron chi connectivity index (χ2n) is 5.87. The van der Waals surface area contributed by atoms with Crippen LogP contribution in [-0.2, 0) is 9.59 Å². The van der Waals surface area contributed by atoms with Crippen LogP contribution in [0.15, 0.2) is 18.2 Å². The summed E-state index contributed by atoms with van der Waals surface area (Å²) in [6.07, 6.45) is 0. The summed E-state index contributed by atoms with van der Waals surface area (Å²) in [7, 11) is 1.74. The fourth-order valence-electron chi connectivity index (χ4n) is 2.15. The Labute approximate surface area is 135 Å². The molecule has 1 aliphatic heterocycles. The molecule has 2 rings (SSSR count). The second kappa shape index (κ2) is 7.32. The fourth-order valence-corrected chi connectivity index (χ4v) is 2.15. The predicted molar refractivity (Wildman–Crippen MR) is 86.6 cm³/mol. The first-order chi connectivity index (χ1) is 10.9. The van der Waals surface area contributed by atoms with E-state index in [-0.39, 0.29) is 31.2 Å². The van der Waals surface area contributed by atoms with Gasteiger partial charge in [0.2, 0.25) is 18.6 Å². The van der Waals surface area contributed by atoms with E-state index in [1.165, 1.54) is 0 Å². The molecule has 0 aromatic heterocycles. The van der Waals surface area contributed by atoms with Gasteiger partial charge in [-0.05, 0) is 40.0 Å². The quantitative estimate of drug-likeness (QED) is 0.823. The molecule has 0 unspecified atom stereocenters. The van der Waals surface area contributed by atoms with E-state index < -0.39 is 6.04 Å². The van der Waals surface area contributed by atoms with Crippen LogP contribution in [0.5, 0.6) is 11.5 Å². The molecule has 0 fully saturated rings. The number of ether oxygens (including phenoxy) is 2. The summed E-state index contributed by atoms with van der Waals surface area (Å²) < 4.78 is 10.5. The average molecular weight is 321 g/mol. The molecule has 1 atom stereocenters. The molecule has 7 heteroatoms. The number of hydrogen-bond donors (Lipinski definition) is 2. The van der Waals surface area contributed by atoms with Crippen LogP contribution in [0.3, 0.4) is 0 Å². The molecule has 2 N–H and O–H groups in total. The third-order valence-corrected chi connectivity index (χ3v) is 3.52. The summed E-state index contributed by atoms with van der Waals surface area (Å²) in [6, 6.07) is 4.86. The van der Waals surface area contributed by atoms with Crippen molar-refractivity contribution in [3.63, 3.8) is 0 Å². The number of likely N-dealkylation sites (N-methyl/N-ethyl adjacent to an activating group) is 1. The molecule has 1 aliphatic rings. The highest BCUT2D eigenvalue weighted by Crippen LogP contribution is 2.34. The standard InChI is InChI=1S/C16H23N3O4/c1-10(2)17-15(20)8-19(4)11(3)16(21)18-12-5-6-13-14(7-12)23-9-22-13/h5-7,10-11H,8-9H2,1-4H3,(H,17,20)(H,18,21)/t11-/m0/s1. The van der Waals surface area contributed by atoms with E-state index in [0.29, 0.717) is 17.2 Å². The third-order valence-electron chi connectivity index (χ3n) is 3.52. The minimum Gasteiger partial charge on any atom is -0.454 e. The molecule has 0 spiro atoms. The van der Waals surface area contributed by atoms with Gasteiger partial charge in [-0.3, -0.25) is 14.5 Å². The van der Waals surface area contributed by atoms with Crippen LogP contribution in [0.1, 0.15) is 20.8 Å². The van der Waals surface area contributed by atoms with Gasteiger partial charge in [-0.15, -0.1) is 0 Å². The SMILES string of the molecule is CC(C)NC(=O)CN(C)[C@@H](C)C(=O)Nc1ccc2c(c1)OCO2. The van der Waals surface area contributed by atoms with Crippen LogP contribution in [0.25, 0.3) is 0 Å². The van der Waals surface area contributed by atoms with Gasteiger partial charge in [0.15, 0.2) is 11.5 Å². The number of benzene rings is 1. The van der Waals surface area contributed by atoms with Crippen LogP contribution in [0.2, 0.25) is 0 Å². The molecule has 7 nitrogen and oxygen atoms in total. The predicted octanol–water partition coefficient (Wildman–Crippen LogP) is 1.20. The van der Waals surface area contributed by atoms with Gasteiger partial charge in [0.25, 0.3) is 0 Å². The zero-order chi connectivity index (χ0) is 17.0. The molecule has 0 bridgehead atoms. The number of nitrogens with zero attached hydrogens (tertiary/aromatic N) is 1. The van der Waals surface area contributed by atoms with E-state index in [4.69, 9.17) is 9.47 Å². The van der Waals surface area contributed by atoms with Crippen molar-refractivity contribution in [1.29, 1.82) is 0 Å². The zero-order valence-corrected chi connectivity index (χ0v) is 13.9. The molecule has 1 heterocycles. The Balaban J connectivity index is 1.90. The number of amides is 2. The first-order valence-electron chi connectivity index (χ1n) is 7.57. The largest absolute Gasteiger partial charge is 0.454 e. The van der Waals surface area contributed by atoms with Crippen molar-refractivity contribution in [2.24, 2.45) is 0 Å². The van der Waals surface area contributed by atoms with Gasteiger partial charge in [-0.2, -0.15) is 0 Å². The number of carbonyl (C=O) groups is 2. The molecule has 1 aromatic carbocycles. The third kappa shape index (κ3) is 4.59. The van der Waals surface area contributed by atoms with E-state index in [1.807, 2.05) is 13.8 Å². The Morgan fingerprint density at radius 3 is 2.61 bits per heavy atom. The topological polar surface area (TPSA) is 79.9 Å². The highest BCUT2D eigenvalue weighted by molar-refractivity contribution is 5.95. The van der Waals surface area contributed by atoms with Gasteiger partial charge in [0, 0.05) is 17.8 Å². The highest BCUT2D eigenvalue weighted by atomic mass is 16.7. The monoisotopic (exact) mass is 321 g/mol. The molecular formula is C16H23N3O4. The van der Waals surface area contributed by atoms with Gasteiger partial charge >= 0.3 is 0 Å². The van der Waals surface area contributed by atoms with Gasteiger partial charge in [-0.1, -0.05) is 0 Å². The molecule has 0 aliphatic carbocycles. The maximum atomic E-state index is 12.3.